The van der Waals surface area contributed by atoms with Crippen LogP contribution < -0.4 is 15.8 Å². The Hall–Kier alpha value is -3.36. The van der Waals surface area contributed by atoms with Crippen LogP contribution >= 0.6 is 0 Å². The molecule has 0 radical (unpaired) electrons. The van der Waals surface area contributed by atoms with E-state index in [1.54, 1.807) is 24.3 Å². The van der Waals surface area contributed by atoms with Crippen molar-refractivity contribution < 1.29 is 19.1 Å². The smallest absolute Gasteiger partial charge is 0.259 e. The zero-order valence-electron chi connectivity index (χ0n) is 17.3. The van der Waals surface area contributed by atoms with E-state index in [0.717, 1.165) is 50.3 Å². The number of benzene rings is 2. The predicted molar refractivity (Wildman–Crippen MR) is 118 cm³/mol. The Morgan fingerprint density at radius 3 is 2.68 bits per heavy atom. The summed E-state index contributed by atoms with van der Waals surface area (Å²) in [6.45, 7) is 5.14. The number of anilines is 1. The van der Waals surface area contributed by atoms with Crippen LogP contribution in [0.3, 0.4) is 0 Å². The molecule has 0 unspecified atom stereocenters. The van der Waals surface area contributed by atoms with Crippen molar-refractivity contribution in [1.82, 2.24) is 9.47 Å². The highest BCUT2D eigenvalue weighted by Gasteiger charge is 2.14. The second-order valence-corrected chi connectivity index (χ2v) is 7.44. The highest BCUT2D eigenvalue weighted by Crippen LogP contribution is 2.23. The molecular weight excluding hydrogens is 396 g/mol. The van der Waals surface area contributed by atoms with Crippen LogP contribution in [0.1, 0.15) is 10.4 Å². The largest absolute Gasteiger partial charge is 0.483 e. The second-order valence-electron chi connectivity index (χ2n) is 7.44. The van der Waals surface area contributed by atoms with Crippen LogP contribution in [0.5, 0.6) is 5.75 Å². The van der Waals surface area contributed by atoms with E-state index in [4.69, 9.17) is 15.2 Å². The molecule has 31 heavy (non-hydrogen) atoms. The molecule has 8 nitrogen and oxygen atoms in total. The summed E-state index contributed by atoms with van der Waals surface area (Å²) in [5, 5.41) is 3.96. The number of nitrogens with two attached hydrogens (primary N) is 1. The Morgan fingerprint density at radius 1 is 1.06 bits per heavy atom. The van der Waals surface area contributed by atoms with Gasteiger partial charge in [-0.25, -0.2) is 0 Å². The lowest BCUT2D eigenvalue weighted by Crippen LogP contribution is -2.38. The third-order valence-corrected chi connectivity index (χ3v) is 5.29. The van der Waals surface area contributed by atoms with Crippen LogP contribution in [0, 0.1) is 0 Å². The lowest BCUT2D eigenvalue weighted by atomic mass is 10.1. The Morgan fingerprint density at radius 2 is 1.87 bits per heavy atom. The van der Waals surface area contributed by atoms with E-state index in [9.17, 15) is 9.59 Å². The monoisotopic (exact) mass is 422 g/mol. The molecule has 1 aliphatic rings. The summed E-state index contributed by atoms with van der Waals surface area (Å²) in [5.74, 6) is -0.598. The number of carbonyl (C=O) groups excluding carboxylic acids is 2. The predicted octanol–water partition coefficient (Wildman–Crippen LogP) is 2.09. The van der Waals surface area contributed by atoms with Crippen molar-refractivity contribution in [2.24, 2.45) is 5.73 Å². The van der Waals surface area contributed by atoms with Gasteiger partial charge >= 0.3 is 0 Å². The van der Waals surface area contributed by atoms with E-state index < -0.39 is 5.91 Å². The standard InChI is InChI=1S/C23H26N4O4/c24-22(28)16-31-21-4-2-1-3-19(21)23(29)25-18-5-6-20-17(15-18)7-8-27(20)10-9-26-11-13-30-14-12-26/h1-8,15H,9-14,16H2,(H2,24,28)(H,25,29). The molecule has 0 saturated carbocycles. The van der Waals surface area contributed by atoms with Gasteiger partial charge in [-0.3, -0.25) is 14.5 Å². The molecule has 0 bridgehead atoms. The van der Waals surface area contributed by atoms with Gasteiger partial charge in [0.25, 0.3) is 11.8 Å². The maximum atomic E-state index is 12.8. The molecule has 0 spiro atoms. The molecule has 0 atom stereocenters. The summed E-state index contributed by atoms with van der Waals surface area (Å²) in [4.78, 5) is 26.2. The third-order valence-electron chi connectivity index (χ3n) is 5.29. The molecule has 3 N–H and O–H groups in total. The third kappa shape index (κ3) is 5.22. The van der Waals surface area contributed by atoms with Crippen molar-refractivity contribution in [3.63, 3.8) is 0 Å². The Labute approximate surface area is 180 Å². The number of fused-ring (bicyclic) bond motifs is 1. The molecule has 1 aromatic heterocycles. The summed E-state index contributed by atoms with van der Waals surface area (Å²) < 4.78 is 13.0. The molecule has 162 valence electrons. The van der Waals surface area contributed by atoms with Gasteiger partial charge < -0.3 is 25.1 Å². The van der Waals surface area contributed by atoms with E-state index in [2.05, 4.69) is 21.0 Å². The molecule has 3 aromatic rings. The maximum absolute atomic E-state index is 12.8. The first kappa shape index (κ1) is 20.9. The van der Waals surface area contributed by atoms with Gasteiger partial charge in [0.15, 0.2) is 6.61 Å². The lowest BCUT2D eigenvalue weighted by Gasteiger charge is -2.26. The first-order valence-corrected chi connectivity index (χ1v) is 10.3. The number of para-hydroxylation sites is 1. The highest BCUT2D eigenvalue weighted by atomic mass is 16.5. The van der Waals surface area contributed by atoms with Crippen molar-refractivity contribution in [1.29, 1.82) is 0 Å². The van der Waals surface area contributed by atoms with Crippen molar-refractivity contribution in [2.75, 3.05) is 44.8 Å². The number of nitrogens with one attached hydrogen (secondary N) is 1. The van der Waals surface area contributed by atoms with Gasteiger partial charge in [-0.1, -0.05) is 12.1 Å². The number of morpholine rings is 1. The summed E-state index contributed by atoms with van der Waals surface area (Å²) in [5.41, 5.74) is 7.28. The van der Waals surface area contributed by atoms with E-state index in [0.29, 0.717) is 17.0 Å². The van der Waals surface area contributed by atoms with Crippen LogP contribution in [0.2, 0.25) is 0 Å². The topological polar surface area (TPSA) is 98.8 Å². The highest BCUT2D eigenvalue weighted by molar-refractivity contribution is 6.07. The second kappa shape index (κ2) is 9.63. The van der Waals surface area contributed by atoms with Gasteiger partial charge in [0.2, 0.25) is 0 Å². The van der Waals surface area contributed by atoms with Gasteiger partial charge in [0.1, 0.15) is 5.75 Å². The number of ether oxygens (including phenoxy) is 2. The number of hydrogen-bond acceptors (Lipinski definition) is 5. The van der Waals surface area contributed by atoms with E-state index >= 15 is 0 Å². The summed E-state index contributed by atoms with van der Waals surface area (Å²) >= 11 is 0. The van der Waals surface area contributed by atoms with Gasteiger partial charge in [0, 0.05) is 49.0 Å². The van der Waals surface area contributed by atoms with Gasteiger partial charge in [-0.2, -0.15) is 0 Å². The Balaban J connectivity index is 1.43. The maximum Gasteiger partial charge on any atom is 0.259 e. The Kier molecular flexibility index (Phi) is 6.49. The average Bonchev–Trinajstić information content (AvgIpc) is 3.19. The number of nitrogens with zero attached hydrogens (tertiary/aromatic N) is 2. The van der Waals surface area contributed by atoms with E-state index in [1.165, 1.54) is 0 Å². The van der Waals surface area contributed by atoms with Gasteiger partial charge in [0.05, 0.1) is 18.8 Å². The minimum atomic E-state index is -0.598. The number of primary amides is 1. The molecule has 1 aliphatic heterocycles. The summed E-state index contributed by atoms with van der Waals surface area (Å²) in [6.07, 6.45) is 2.07. The van der Waals surface area contributed by atoms with Crippen LogP contribution in [0.25, 0.3) is 10.9 Å². The van der Waals surface area contributed by atoms with Crippen molar-refractivity contribution in [3.8, 4) is 5.75 Å². The normalized spacial score (nSPS) is 14.5. The SMILES string of the molecule is NC(=O)COc1ccccc1C(=O)Nc1ccc2c(ccn2CCN2CCOCC2)c1. The fraction of sp³-hybridized carbons (Fsp3) is 0.304. The van der Waals surface area contributed by atoms with Crippen LogP contribution in [0.15, 0.2) is 54.7 Å². The van der Waals surface area contributed by atoms with Crippen LogP contribution in [-0.2, 0) is 16.1 Å². The quantitative estimate of drug-likeness (QED) is 0.579. The zero-order valence-corrected chi connectivity index (χ0v) is 17.3. The Bertz CT molecular complexity index is 1070. The summed E-state index contributed by atoms with van der Waals surface area (Å²) in [7, 11) is 0. The first-order chi connectivity index (χ1) is 15.1. The number of amides is 2. The molecule has 2 heterocycles. The minimum absolute atomic E-state index is 0.284. The van der Waals surface area contributed by atoms with E-state index in [1.807, 2.05) is 24.3 Å². The molecule has 4 rings (SSSR count). The molecule has 1 fully saturated rings. The number of carbonyl (C=O) groups is 2. The van der Waals surface area contributed by atoms with Crippen molar-refractivity contribution in [2.45, 2.75) is 6.54 Å². The molecular formula is C23H26N4O4. The lowest BCUT2D eigenvalue weighted by molar-refractivity contribution is -0.119. The van der Waals surface area contributed by atoms with Crippen molar-refractivity contribution >= 4 is 28.4 Å². The first-order valence-electron chi connectivity index (χ1n) is 10.3. The number of aromatic nitrogens is 1. The van der Waals surface area contributed by atoms with Gasteiger partial charge in [-0.05, 0) is 36.4 Å². The molecule has 2 amide bonds. The van der Waals surface area contributed by atoms with Gasteiger partial charge in [-0.15, -0.1) is 0 Å². The fourth-order valence-electron chi connectivity index (χ4n) is 3.67. The molecule has 1 saturated heterocycles. The minimum Gasteiger partial charge on any atom is -0.483 e. The number of hydrogen-bond donors (Lipinski definition) is 2. The number of rotatable bonds is 8. The molecule has 2 aromatic carbocycles. The van der Waals surface area contributed by atoms with Crippen LogP contribution in [-0.4, -0.2) is 60.7 Å². The fourth-order valence-corrected chi connectivity index (χ4v) is 3.67. The zero-order chi connectivity index (χ0) is 21.6. The van der Waals surface area contributed by atoms with Crippen LogP contribution in [0.4, 0.5) is 5.69 Å². The summed E-state index contributed by atoms with van der Waals surface area (Å²) in [6, 6.07) is 14.7. The van der Waals surface area contributed by atoms with Crippen molar-refractivity contribution in [3.05, 3.63) is 60.3 Å². The molecule has 8 heteroatoms. The average molecular weight is 422 g/mol. The molecule has 0 aliphatic carbocycles. The van der Waals surface area contributed by atoms with E-state index in [-0.39, 0.29) is 12.5 Å².